The van der Waals surface area contributed by atoms with Crippen LogP contribution in [0, 0.1) is 13.8 Å². The van der Waals surface area contributed by atoms with Crippen LogP contribution in [0.4, 0.5) is 0 Å². The van der Waals surface area contributed by atoms with Crippen LogP contribution in [-0.2, 0) is 12.8 Å². The molecular weight excluding hydrogens is 312 g/mol. The lowest BCUT2D eigenvalue weighted by atomic mass is 9.95. The molecule has 0 spiro atoms. The number of fused-ring (bicyclic) bond motifs is 1. The van der Waals surface area contributed by atoms with E-state index in [0.717, 1.165) is 39.6 Å². The molecule has 0 fully saturated rings. The Hall–Kier alpha value is -1.41. The van der Waals surface area contributed by atoms with E-state index in [2.05, 4.69) is 28.1 Å². The molecule has 0 bridgehead atoms. The first kappa shape index (κ1) is 13.6. The molecule has 0 saturated heterocycles. The average molecular weight is 329 g/mol. The van der Waals surface area contributed by atoms with E-state index in [4.69, 9.17) is 0 Å². The van der Waals surface area contributed by atoms with Gasteiger partial charge < -0.3 is 0 Å². The Kier molecular flexibility index (Phi) is 3.51. The Morgan fingerprint density at radius 1 is 1.00 bits per heavy atom. The van der Waals surface area contributed by atoms with E-state index in [1.807, 2.05) is 32.0 Å². The summed E-state index contributed by atoms with van der Waals surface area (Å²) >= 11 is 3.51. The van der Waals surface area contributed by atoms with Gasteiger partial charge in [0.25, 0.3) is 0 Å². The summed E-state index contributed by atoms with van der Waals surface area (Å²) in [6, 6.07) is 10.2. The van der Waals surface area contributed by atoms with E-state index in [-0.39, 0.29) is 5.78 Å². The Bertz CT molecular complexity index is 701. The van der Waals surface area contributed by atoms with Crippen molar-refractivity contribution in [2.24, 2.45) is 0 Å². The number of halogens is 1. The Morgan fingerprint density at radius 2 is 1.75 bits per heavy atom. The summed E-state index contributed by atoms with van der Waals surface area (Å²) in [4.78, 5) is 12.7. The molecule has 0 saturated carbocycles. The van der Waals surface area contributed by atoms with Gasteiger partial charge in [-0.1, -0.05) is 28.1 Å². The summed E-state index contributed by atoms with van der Waals surface area (Å²) < 4.78 is 1.06. The lowest BCUT2D eigenvalue weighted by molar-refractivity contribution is 0.103. The minimum Gasteiger partial charge on any atom is -0.289 e. The van der Waals surface area contributed by atoms with Gasteiger partial charge in [0.1, 0.15) is 0 Å². The van der Waals surface area contributed by atoms with Crippen molar-refractivity contribution < 1.29 is 4.79 Å². The van der Waals surface area contributed by atoms with E-state index < -0.39 is 0 Å². The van der Waals surface area contributed by atoms with Gasteiger partial charge in [-0.2, -0.15) is 0 Å². The summed E-state index contributed by atoms with van der Waals surface area (Å²) in [7, 11) is 0. The zero-order chi connectivity index (χ0) is 14.3. The van der Waals surface area contributed by atoms with Crippen LogP contribution in [0.3, 0.4) is 0 Å². The SMILES string of the molecule is Cc1cc(C(=O)c2ccc3c(c2)CCC3)c(C)cc1Br. The van der Waals surface area contributed by atoms with Crippen LogP contribution in [0.15, 0.2) is 34.8 Å². The zero-order valence-electron chi connectivity index (χ0n) is 11.8. The molecule has 102 valence electrons. The van der Waals surface area contributed by atoms with Crippen molar-refractivity contribution in [2.75, 3.05) is 0 Å². The number of hydrogen-bond donors (Lipinski definition) is 0. The maximum atomic E-state index is 12.7. The van der Waals surface area contributed by atoms with Crippen LogP contribution in [-0.4, -0.2) is 5.78 Å². The molecule has 0 heterocycles. The van der Waals surface area contributed by atoms with Gasteiger partial charge >= 0.3 is 0 Å². The molecule has 0 radical (unpaired) electrons. The van der Waals surface area contributed by atoms with Gasteiger partial charge in [0, 0.05) is 15.6 Å². The molecule has 0 N–H and O–H groups in total. The Balaban J connectivity index is 2.03. The number of hydrogen-bond acceptors (Lipinski definition) is 1. The zero-order valence-corrected chi connectivity index (χ0v) is 13.4. The molecule has 1 nitrogen and oxygen atoms in total. The molecular formula is C18H17BrO. The van der Waals surface area contributed by atoms with E-state index in [9.17, 15) is 4.79 Å². The smallest absolute Gasteiger partial charge is 0.193 e. The fraction of sp³-hybridized carbons (Fsp3) is 0.278. The summed E-state index contributed by atoms with van der Waals surface area (Å²) in [6.07, 6.45) is 3.47. The summed E-state index contributed by atoms with van der Waals surface area (Å²) in [5.74, 6) is 0.132. The molecule has 1 aliphatic carbocycles. The quantitative estimate of drug-likeness (QED) is 0.724. The topological polar surface area (TPSA) is 17.1 Å². The third-order valence-electron chi connectivity index (χ3n) is 4.11. The molecule has 2 aromatic rings. The fourth-order valence-corrected chi connectivity index (χ4v) is 3.35. The molecule has 2 aromatic carbocycles. The van der Waals surface area contributed by atoms with Crippen molar-refractivity contribution in [1.29, 1.82) is 0 Å². The number of benzene rings is 2. The molecule has 0 amide bonds. The van der Waals surface area contributed by atoms with Crippen molar-refractivity contribution in [3.05, 3.63) is 68.2 Å². The van der Waals surface area contributed by atoms with Gasteiger partial charge in [0.2, 0.25) is 0 Å². The van der Waals surface area contributed by atoms with Gasteiger partial charge in [-0.25, -0.2) is 0 Å². The van der Waals surface area contributed by atoms with Crippen molar-refractivity contribution in [2.45, 2.75) is 33.1 Å². The summed E-state index contributed by atoms with van der Waals surface area (Å²) in [6.45, 7) is 4.01. The minimum atomic E-state index is 0.132. The third kappa shape index (κ3) is 2.33. The lowest BCUT2D eigenvalue weighted by Crippen LogP contribution is -2.05. The molecule has 3 rings (SSSR count). The molecule has 0 aliphatic heterocycles. The van der Waals surface area contributed by atoms with E-state index in [0.29, 0.717) is 0 Å². The first-order chi connectivity index (χ1) is 9.56. The third-order valence-corrected chi connectivity index (χ3v) is 4.97. The lowest BCUT2D eigenvalue weighted by Gasteiger charge is -2.09. The molecule has 0 aromatic heterocycles. The minimum absolute atomic E-state index is 0.132. The standard InChI is InChI=1S/C18H17BrO/c1-11-9-17(19)12(2)8-16(11)18(20)15-7-6-13-4-3-5-14(13)10-15/h6-10H,3-5H2,1-2H3. The van der Waals surface area contributed by atoms with Gasteiger partial charge in [0.15, 0.2) is 5.78 Å². The Morgan fingerprint density at radius 3 is 2.55 bits per heavy atom. The molecule has 2 heteroatoms. The monoisotopic (exact) mass is 328 g/mol. The highest BCUT2D eigenvalue weighted by Crippen LogP contribution is 2.26. The van der Waals surface area contributed by atoms with E-state index >= 15 is 0 Å². The summed E-state index contributed by atoms with van der Waals surface area (Å²) in [5, 5.41) is 0. The average Bonchev–Trinajstić information content (AvgIpc) is 2.89. The van der Waals surface area contributed by atoms with Crippen molar-refractivity contribution in [3.63, 3.8) is 0 Å². The number of rotatable bonds is 2. The van der Waals surface area contributed by atoms with Crippen LogP contribution < -0.4 is 0 Å². The van der Waals surface area contributed by atoms with Crippen LogP contribution in [0.2, 0.25) is 0 Å². The van der Waals surface area contributed by atoms with Crippen molar-refractivity contribution in [3.8, 4) is 0 Å². The predicted octanol–water partition coefficient (Wildman–Crippen LogP) is 4.79. The van der Waals surface area contributed by atoms with Crippen LogP contribution in [0.25, 0.3) is 0 Å². The van der Waals surface area contributed by atoms with Gasteiger partial charge in [-0.05, 0) is 73.6 Å². The van der Waals surface area contributed by atoms with Crippen LogP contribution >= 0.6 is 15.9 Å². The van der Waals surface area contributed by atoms with E-state index in [1.165, 1.54) is 17.5 Å². The molecule has 1 aliphatic rings. The second-order valence-corrected chi connectivity index (χ2v) is 6.44. The second kappa shape index (κ2) is 5.17. The Labute approximate surface area is 128 Å². The molecule has 20 heavy (non-hydrogen) atoms. The van der Waals surface area contributed by atoms with Gasteiger partial charge in [0.05, 0.1) is 0 Å². The fourth-order valence-electron chi connectivity index (χ4n) is 2.89. The largest absolute Gasteiger partial charge is 0.289 e. The molecule has 0 atom stereocenters. The number of carbonyl (C=O) groups excluding carboxylic acids is 1. The van der Waals surface area contributed by atoms with Crippen LogP contribution in [0.1, 0.15) is 44.6 Å². The number of aryl methyl sites for hydroxylation is 4. The number of carbonyl (C=O) groups is 1. The first-order valence-electron chi connectivity index (χ1n) is 6.99. The maximum absolute atomic E-state index is 12.7. The second-order valence-electron chi connectivity index (χ2n) is 5.58. The van der Waals surface area contributed by atoms with Gasteiger partial charge in [-0.15, -0.1) is 0 Å². The predicted molar refractivity (Wildman–Crippen MR) is 85.5 cm³/mol. The highest BCUT2D eigenvalue weighted by Gasteiger charge is 2.17. The first-order valence-corrected chi connectivity index (χ1v) is 7.79. The van der Waals surface area contributed by atoms with Crippen LogP contribution in [0.5, 0.6) is 0 Å². The maximum Gasteiger partial charge on any atom is 0.193 e. The highest BCUT2D eigenvalue weighted by molar-refractivity contribution is 9.10. The highest BCUT2D eigenvalue weighted by atomic mass is 79.9. The summed E-state index contributed by atoms with van der Waals surface area (Å²) in [5.41, 5.74) is 6.50. The van der Waals surface area contributed by atoms with Crippen molar-refractivity contribution in [1.82, 2.24) is 0 Å². The molecule has 0 unspecified atom stereocenters. The van der Waals surface area contributed by atoms with E-state index in [1.54, 1.807) is 0 Å². The van der Waals surface area contributed by atoms with Gasteiger partial charge in [-0.3, -0.25) is 4.79 Å². The van der Waals surface area contributed by atoms with Crippen molar-refractivity contribution >= 4 is 21.7 Å². The number of ketones is 1. The normalized spacial score (nSPS) is 13.3.